The van der Waals surface area contributed by atoms with Gasteiger partial charge in [-0.15, -0.1) is 0 Å². The van der Waals surface area contributed by atoms with Crippen LogP contribution in [0.15, 0.2) is 0 Å². The van der Waals surface area contributed by atoms with Crippen molar-refractivity contribution in [2.45, 2.75) is 32.1 Å². The fourth-order valence-corrected chi connectivity index (χ4v) is 4.67. The molecule has 1 aliphatic carbocycles. The molecule has 2 fully saturated rings. The van der Waals surface area contributed by atoms with Gasteiger partial charge in [0.1, 0.15) is 0 Å². The van der Waals surface area contributed by atoms with Gasteiger partial charge in [-0.3, -0.25) is 0 Å². The van der Waals surface area contributed by atoms with Gasteiger partial charge in [0.2, 0.25) is 10.0 Å². The normalized spacial score (nSPS) is 25.6. The average molecular weight is 246 g/mol. The van der Waals surface area contributed by atoms with Gasteiger partial charge < -0.3 is 5.73 Å². The molecule has 94 valence electrons. The summed E-state index contributed by atoms with van der Waals surface area (Å²) in [5, 5.41) is 0. The summed E-state index contributed by atoms with van der Waals surface area (Å²) >= 11 is 0. The molecule has 0 spiro atoms. The van der Waals surface area contributed by atoms with E-state index in [2.05, 4.69) is 0 Å². The first-order valence-corrected chi connectivity index (χ1v) is 7.90. The molecule has 0 amide bonds. The first-order valence-electron chi connectivity index (χ1n) is 6.29. The maximum atomic E-state index is 12.0. The van der Waals surface area contributed by atoms with Gasteiger partial charge in [0.15, 0.2) is 0 Å². The molecule has 2 N–H and O–H groups in total. The molecule has 0 aromatic rings. The van der Waals surface area contributed by atoms with Gasteiger partial charge in [0, 0.05) is 13.1 Å². The quantitative estimate of drug-likeness (QED) is 0.797. The van der Waals surface area contributed by atoms with E-state index in [1.165, 1.54) is 19.3 Å². The summed E-state index contributed by atoms with van der Waals surface area (Å²) in [7, 11) is -2.99. The predicted octanol–water partition coefficient (Wildman–Crippen LogP) is 0.787. The smallest absolute Gasteiger partial charge is 0.214 e. The second-order valence-corrected chi connectivity index (χ2v) is 7.21. The lowest BCUT2D eigenvalue weighted by atomic mass is 9.91. The van der Waals surface area contributed by atoms with Crippen molar-refractivity contribution in [1.82, 2.24) is 4.31 Å². The van der Waals surface area contributed by atoms with Crippen LogP contribution in [0.4, 0.5) is 0 Å². The van der Waals surface area contributed by atoms with Crippen molar-refractivity contribution < 1.29 is 8.42 Å². The van der Waals surface area contributed by atoms with Crippen LogP contribution in [-0.4, -0.2) is 38.1 Å². The molecule has 1 aliphatic heterocycles. The molecule has 16 heavy (non-hydrogen) atoms. The molecule has 0 aromatic heterocycles. The fraction of sp³-hybridized carbons (Fsp3) is 1.00. The van der Waals surface area contributed by atoms with Crippen LogP contribution in [0.25, 0.3) is 0 Å². The summed E-state index contributed by atoms with van der Waals surface area (Å²) < 4.78 is 25.7. The van der Waals surface area contributed by atoms with Crippen LogP contribution in [0.2, 0.25) is 0 Å². The van der Waals surface area contributed by atoms with Crippen molar-refractivity contribution in [3.05, 3.63) is 0 Å². The number of hydrogen-bond donors (Lipinski definition) is 1. The minimum absolute atomic E-state index is 0.365. The second-order valence-electron chi connectivity index (χ2n) is 5.20. The topological polar surface area (TPSA) is 63.4 Å². The van der Waals surface area contributed by atoms with Crippen LogP contribution in [0.5, 0.6) is 0 Å². The Labute approximate surface area is 98.2 Å². The number of nitrogens with two attached hydrogens (primary N) is 1. The highest BCUT2D eigenvalue weighted by Crippen LogP contribution is 2.27. The summed E-state index contributed by atoms with van der Waals surface area (Å²) in [6.07, 6.45) is 5.85. The van der Waals surface area contributed by atoms with Crippen LogP contribution in [0.3, 0.4) is 0 Å². The molecule has 0 aromatic carbocycles. The highest BCUT2D eigenvalue weighted by atomic mass is 32.2. The highest BCUT2D eigenvalue weighted by Gasteiger charge is 2.36. The standard InChI is InChI=1S/C11H22N2O2S/c12-6-11-7-13(8-11)16(14,15)9-10-4-2-1-3-5-10/h10-11H,1-9,12H2. The van der Waals surface area contributed by atoms with Crippen LogP contribution in [0, 0.1) is 11.8 Å². The number of sulfonamides is 1. The van der Waals surface area contributed by atoms with Gasteiger partial charge in [-0.05, 0) is 31.2 Å². The third kappa shape index (κ3) is 2.76. The van der Waals surface area contributed by atoms with E-state index in [4.69, 9.17) is 5.73 Å². The van der Waals surface area contributed by atoms with Gasteiger partial charge >= 0.3 is 0 Å². The van der Waals surface area contributed by atoms with E-state index < -0.39 is 10.0 Å². The van der Waals surface area contributed by atoms with E-state index >= 15 is 0 Å². The molecular weight excluding hydrogens is 224 g/mol. The third-order valence-electron chi connectivity index (χ3n) is 3.82. The molecule has 2 aliphatic rings. The molecule has 1 saturated heterocycles. The summed E-state index contributed by atoms with van der Waals surface area (Å²) in [6.45, 7) is 1.90. The fourth-order valence-electron chi connectivity index (χ4n) is 2.66. The Morgan fingerprint density at radius 1 is 1.06 bits per heavy atom. The molecule has 2 rings (SSSR count). The minimum Gasteiger partial charge on any atom is -0.330 e. The van der Waals surface area contributed by atoms with Crippen LogP contribution in [0.1, 0.15) is 32.1 Å². The van der Waals surface area contributed by atoms with Crippen molar-refractivity contribution >= 4 is 10.0 Å². The zero-order chi connectivity index (χ0) is 11.6. The SMILES string of the molecule is NCC1CN(S(=O)(=O)CC2CCCCC2)C1. The van der Waals surface area contributed by atoms with Crippen molar-refractivity contribution in [2.75, 3.05) is 25.4 Å². The zero-order valence-electron chi connectivity index (χ0n) is 9.77. The van der Waals surface area contributed by atoms with Gasteiger partial charge in [0.25, 0.3) is 0 Å². The Bertz CT molecular complexity index is 317. The molecule has 1 heterocycles. The van der Waals surface area contributed by atoms with E-state index in [-0.39, 0.29) is 0 Å². The molecular formula is C11H22N2O2S. The van der Waals surface area contributed by atoms with E-state index in [0.717, 1.165) is 12.8 Å². The van der Waals surface area contributed by atoms with E-state index in [1.807, 2.05) is 0 Å². The molecule has 0 radical (unpaired) electrons. The summed E-state index contributed by atoms with van der Waals surface area (Å²) in [4.78, 5) is 0. The van der Waals surface area contributed by atoms with Crippen molar-refractivity contribution in [2.24, 2.45) is 17.6 Å². The summed E-state index contributed by atoms with van der Waals surface area (Å²) in [6, 6.07) is 0. The van der Waals surface area contributed by atoms with Gasteiger partial charge in [-0.25, -0.2) is 12.7 Å². The van der Waals surface area contributed by atoms with Gasteiger partial charge in [-0.1, -0.05) is 19.3 Å². The molecule has 0 atom stereocenters. The van der Waals surface area contributed by atoms with Crippen molar-refractivity contribution in [3.8, 4) is 0 Å². The minimum atomic E-state index is -2.99. The largest absolute Gasteiger partial charge is 0.330 e. The molecule has 0 bridgehead atoms. The van der Waals surface area contributed by atoms with Gasteiger partial charge in [-0.2, -0.15) is 0 Å². The average Bonchev–Trinajstić information content (AvgIpc) is 2.16. The van der Waals surface area contributed by atoms with E-state index in [0.29, 0.717) is 37.2 Å². The Kier molecular flexibility index (Phi) is 3.87. The maximum absolute atomic E-state index is 12.0. The summed E-state index contributed by atoms with van der Waals surface area (Å²) in [5.74, 6) is 1.15. The molecule has 5 heteroatoms. The Morgan fingerprint density at radius 3 is 2.25 bits per heavy atom. The van der Waals surface area contributed by atoms with E-state index in [9.17, 15) is 8.42 Å². The van der Waals surface area contributed by atoms with Gasteiger partial charge in [0.05, 0.1) is 5.75 Å². The lowest BCUT2D eigenvalue weighted by Crippen LogP contribution is -2.53. The van der Waals surface area contributed by atoms with Crippen LogP contribution >= 0.6 is 0 Å². The molecule has 4 nitrogen and oxygen atoms in total. The Hall–Kier alpha value is -0.130. The maximum Gasteiger partial charge on any atom is 0.214 e. The van der Waals surface area contributed by atoms with Crippen LogP contribution in [-0.2, 0) is 10.0 Å². The monoisotopic (exact) mass is 246 g/mol. The Balaban J connectivity index is 1.83. The molecule has 0 unspecified atom stereocenters. The predicted molar refractivity (Wildman–Crippen MR) is 64.5 cm³/mol. The third-order valence-corrected chi connectivity index (χ3v) is 5.80. The number of nitrogens with zero attached hydrogens (tertiary/aromatic N) is 1. The van der Waals surface area contributed by atoms with Crippen molar-refractivity contribution in [3.63, 3.8) is 0 Å². The number of hydrogen-bond acceptors (Lipinski definition) is 3. The summed E-state index contributed by atoms with van der Waals surface area (Å²) in [5.41, 5.74) is 5.50. The zero-order valence-corrected chi connectivity index (χ0v) is 10.6. The van der Waals surface area contributed by atoms with Crippen molar-refractivity contribution in [1.29, 1.82) is 0 Å². The second kappa shape index (κ2) is 5.02. The lowest BCUT2D eigenvalue weighted by Gasteiger charge is -2.38. The number of rotatable bonds is 4. The first kappa shape index (κ1) is 12.3. The lowest BCUT2D eigenvalue weighted by molar-refractivity contribution is 0.205. The van der Waals surface area contributed by atoms with E-state index in [1.54, 1.807) is 4.31 Å². The first-order chi connectivity index (χ1) is 7.62. The molecule has 1 saturated carbocycles. The van der Waals surface area contributed by atoms with Crippen LogP contribution < -0.4 is 5.73 Å². The highest BCUT2D eigenvalue weighted by molar-refractivity contribution is 7.89. The Morgan fingerprint density at radius 2 is 1.69 bits per heavy atom.